The average Bonchev–Trinajstić information content (AvgIpc) is 3.37. The number of aromatic nitrogens is 1. The Balaban J connectivity index is 1.84. The highest BCUT2D eigenvalue weighted by molar-refractivity contribution is 6.13. The molecule has 1 aliphatic rings. The summed E-state index contributed by atoms with van der Waals surface area (Å²) in [5.74, 6) is -0.168. The topological polar surface area (TPSA) is 123 Å². The third-order valence-corrected chi connectivity index (χ3v) is 8.62. The molecule has 0 fully saturated rings. The first-order chi connectivity index (χ1) is 22.1. The molecule has 3 aromatic rings. The molecule has 2 heterocycles. The van der Waals surface area contributed by atoms with Gasteiger partial charge in [-0.2, -0.15) is 5.10 Å². The number of hydrogen-bond acceptors (Lipinski definition) is 7. The number of allylic oxidation sites excluding steroid dienone is 1. The Morgan fingerprint density at radius 1 is 1.22 bits per heavy atom. The Hall–Kier alpha value is -4.34. The number of amides is 1. The lowest BCUT2D eigenvalue weighted by Crippen LogP contribution is -2.43. The van der Waals surface area contributed by atoms with Crippen LogP contribution in [0.25, 0.3) is 27.6 Å². The van der Waals surface area contributed by atoms with Crippen LogP contribution in [0.4, 0.5) is 0 Å². The minimum absolute atomic E-state index is 0.168. The Morgan fingerprint density at radius 2 is 1.98 bits per heavy atom. The number of ether oxygens (including phenoxy) is 2. The van der Waals surface area contributed by atoms with Crippen LogP contribution in [-0.2, 0) is 38.4 Å². The van der Waals surface area contributed by atoms with Gasteiger partial charge in [-0.1, -0.05) is 56.8 Å². The first-order valence-electron chi connectivity index (χ1n) is 15.9. The summed E-state index contributed by atoms with van der Waals surface area (Å²) in [6, 6.07) is 13.9. The van der Waals surface area contributed by atoms with Crippen LogP contribution in [0.1, 0.15) is 57.4 Å². The van der Waals surface area contributed by atoms with Gasteiger partial charge in [0.25, 0.3) is 12.4 Å². The molecule has 3 N–H and O–H groups in total. The zero-order valence-electron chi connectivity index (χ0n) is 27.7. The van der Waals surface area contributed by atoms with Gasteiger partial charge in [-0.05, 0) is 79.5 Å². The van der Waals surface area contributed by atoms with Gasteiger partial charge in [0.15, 0.2) is 0 Å². The maximum Gasteiger partial charge on any atom is 0.293 e. The fourth-order valence-corrected chi connectivity index (χ4v) is 6.24. The maximum atomic E-state index is 12.9. The van der Waals surface area contributed by atoms with Crippen LogP contribution in [0.3, 0.4) is 0 Å². The molecular formula is C37H47N5O4. The fraction of sp³-hybridized carbons (Fsp3) is 0.405. The number of carbonyl (C=O) groups excluding carboxylic acids is 2. The number of nitrogens with two attached hydrogens (primary N) is 1. The molecule has 2 atom stereocenters. The molecule has 0 saturated heterocycles. The molecule has 9 heteroatoms. The van der Waals surface area contributed by atoms with Crippen molar-refractivity contribution >= 4 is 41.3 Å². The van der Waals surface area contributed by atoms with E-state index in [1.54, 1.807) is 19.4 Å². The highest BCUT2D eigenvalue weighted by Gasteiger charge is 2.28. The predicted molar refractivity (Wildman–Crippen MR) is 186 cm³/mol. The van der Waals surface area contributed by atoms with Crippen molar-refractivity contribution in [1.82, 2.24) is 9.58 Å². The van der Waals surface area contributed by atoms with E-state index in [0.29, 0.717) is 32.4 Å². The summed E-state index contributed by atoms with van der Waals surface area (Å²) in [7, 11) is 1.65. The summed E-state index contributed by atoms with van der Waals surface area (Å²) in [5, 5.41) is 15.3. The highest BCUT2D eigenvalue weighted by Crippen LogP contribution is 2.39. The summed E-state index contributed by atoms with van der Waals surface area (Å²) in [6.07, 6.45) is 7.42. The van der Waals surface area contributed by atoms with Crippen molar-refractivity contribution in [3.63, 3.8) is 0 Å². The van der Waals surface area contributed by atoms with E-state index in [1.165, 1.54) is 11.2 Å². The molecule has 0 aliphatic carbocycles. The number of hydrazone groups is 1. The van der Waals surface area contributed by atoms with Crippen LogP contribution in [-0.4, -0.2) is 66.8 Å². The molecule has 4 rings (SSSR count). The average molecular weight is 626 g/mol. The van der Waals surface area contributed by atoms with E-state index in [4.69, 9.17) is 20.6 Å². The largest absolute Gasteiger partial charge is 0.467 e. The summed E-state index contributed by atoms with van der Waals surface area (Å²) < 4.78 is 13.1. The van der Waals surface area contributed by atoms with Gasteiger partial charge in [0.2, 0.25) is 0 Å². The van der Waals surface area contributed by atoms with E-state index in [-0.39, 0.29) is 24.0 Å². The Bertz CT molecular complexity index is 1650. The lowest BCUT2D eigenvalue weighted by molar-refractivity contribution is -0.133. The van der Waals surface area contributed by atoms with Crippen LogP contribution < -0.4 is 5.73 Å². The molecule has 0 bridgehead atoms. The number of rotatable bonds is 15. The van der Waals surface area contributed by atoms with Crippen LogP contribution in [0.5, 0.6) is 0 Å². The van der Waals surface area contributed by atoms with E-state index in [2.05, 4.69) is 67.4 Å². The number of hydrogen-bond donors (Lipinski definition) is 2. The normalized spacial score (nSPS) is 15.3. The predicted octanol–water partition coefficient (Wildman–Crippen LogP) is 6.17. The zero-order valence-corrected chi connectivity index (χ0v) is 27.7. The molecule has 2 unspecified atom stereocenters. The van der Waals surface area contributed by atoms with E-state index >= 15 is 0 Å². The standard InChI is InChI=1S/C37H47N5O4/c1-7-29(25(3)45-6)32(22-38)35-31(21-37(4,5)23-46-24-43)30-20-28(14-15-34(30)41(35)8-2)27-13-11-12-26(18-27)19-33(39)36(44)42-17-10-9-16-40-42/h7,11-16,18,20,22,24-25,33,38H,1,8-10,17,19,21,23,39H2,2-6H3/b32-29-,38-22?. The first-order valence-corrected chi connectivity index (χ1v) is 15.9. The molecule has 46 heavy (non-hydrogen) atoms. The Morgan fingerprint density at radius 3 is 2.61 bits per heavy atom. The van der Waals surface area contributed by atoms with E-state index in [0.717, 1.165) is 62.8 Å². The van der Waals surface area contributed by atoms with Gasteiger partial charge in [0.05, 0.1) is 24.4 Å². The number of methoxy groups -OCH3 is 1. The van der Waals surface area contributed by atoms with E-state index in [1.807, 2.05) is 19.1 Å². The first kappa shape index (κ1) is 34.5. The quantitative estimate of drug-likeness (QED) is 0.119. The number of nitrogens with one attached hydrogen (secondary N) is 1. The van der Waals surface area contributed by atoms with Gasteiger partial charge in [-0.25, -0.2) is 5.01 Å². The second kappa shape index (κ2) is 15.3. The third kappa shape index (κ3) is 7.54. The Kier molecular flexibility index (Phi) is 11.5. The second-order valence-corrected chi connectivity index (χ2v) is 12.6. The highest BCUT2D eigenvalue weighted by atomic mass is 16.5. The molecule has 0 radical (unpaired) electrons. The van der Waals surface area contributed by atoms with Crippen LogP contribution in [0.15, 0.2) is 65.8 Å². The van der Waals surface area contributed by atoms with E-state index in [9.17, 15) is 9.59 Å². The van der Waals surface area contributed by atoms with Gasteiger partial charge in [0, 0.05) is 54.5 Å². The SMILES string of the molecule is C=C/C(=C(\C=N)c1c(CC(C)(C)COC=O)c2cc(-c3cccc(CC(N)C(=O)N4CCCC=N4)c3)ccc2n1CC)C(C)OC. The van der Waals surface area contributed by atoms with Crippen molar-refractivity contribution in [3.8, 4) is 11.1 Å². The lowest BCUT2D eigenvalue weighted by Gasteiger charge is -2.25. The second-order valence-electron chi connectivity index (χ2n) is 12.6. The van der Waals surface area contributed by atoms with Gasteiger partial charge in [0.1, 0.15) is 0 Å². The monoisotopic (exact) mass is 625 g/mol. The van der Waals surface area contributed by atoms with Gasteiger partial charge in [-0.15, -0.1) is 0 Å². The number of aryl methyl sites for hydroxylation is 1. The molecule has 0 spiro atoms. The van der Waals surface area contributed by atoms with Crippen LogP contribution in [0.2, 0.25) is 0 Å². The van der Waals surface area contributed by atoms with E-state index < -0.39 is 6.04 Å². The van der Waals surface area contributed by atoms with Crippen molar-refractivity contribution in [1.29, 1.82) is 5.41 Å². The molecule has 1 aromatic heterocycles. The minimum Gasteiger partial charge on any atom is -0.467 e. The smallest absolute Gasteiger partial charge is 0.293 e. The van der Waals surface area contributed by atoms with Crippen molar-refractivity contribution < 1.29 is 19.1 Å². The fourth-order valence-electron chi connectivity index (χ4n) is 6.24. The summed E-state index contributed by atoms with van der Waals surface area (Å²) in [4.78, 5) is 24.0. The maximum absolute atomic E-state index is 12.9. The molecule has 244 valence electrons. The van der Waals surface area contributed by atoms with Crippen molar-refractivity contribution in [2.75, 3.05) is 20.3 Å². The van der Waals surface area contributed by atoms with Crippen molar-refractivity contribution in [2.45, 2.75) is 72.1 Å². The minimum atomic E-state index is -0.684. The van der Waals surface area contributed by atoms with Gasteiger partial charge < -0.3 is 25.2 Å². The summed E-state index contributed by atoms with van der Waals surface area (Å²) in [5.41, 5.74) is 13.6. The number of benzene rings is 2. The summed E-state index contributed by atoms with van der Waals surface area (Å²) >= 11 is 0. The van der Waals surface area contributed by atoms with Gasteiger partial charge >= 0.3 is 0 Å². The molecule has 1 aliphatic heterocycles. The lowest BCUT2D eigenvalue weighted by atomic mass is 9.83. The molecule has 2 aromatic carbocycles. The molecular weight excluding hydrogens is 578 g/mol. The number of fused-ring (bicyclic) bond motifs is 1. The van der Waals surface area contributed by atoms with Crippen LogP contribution in [0, 0.1) is 10.8 Å². The zero-order chi connectivity index (χ0) is 33.4. The van der Waals surface area contributed by atoms with Gasteiger partial charge in [-0.3, -0.25) is 9.59 Å². The summed E-state index contributed by atoms with van der Waals surface area (Å²) in [6.45, 7) is 14.3. The van der Waals surface area contributed by atoms with Crippen LogP contribution >= 0.6 is 0 Å². The Labute approximate surface area is 272 Å². The number of carbonyl (C=O) groups is 2. The third-order valence-electron chi connectivity index (χ3n) is 8.62. The molecule has 9 nitrogen and oxygen atoms in total. The number of nitrogens with zero attached hydrogens (tertiary/aromatic N) is 3. The van der Waals surface area contributed by atoms with Crippen molar-refractivity contribution in [3.05, 3.63) is 77.5 Å². The molecule has 0 saturated carbocycles. The van der Waals surface area contributed by atoms with Crippen molar-refractivity contribution in [2.24, 2.45) is 16.3 Å². The molecule has 1 amide bonds.